The van der Waals surface area contributed by atoms with Gasteiger partial charge >= 0.3 is 0 Å². The topological polar surface area (TPSA) is 9.23 Å². The molecule has 2 aromatic rings. The molecule has 0 saturated heterocycles. The Morgan fingerprint density at radius 3 is 1.20 bits per heavy atom. The summed E-state index contributed by atoms with van der Waals surface area (Å²) in [5.74, 6) is 5.91. The van der Waals surface area contributed by atoms with Gasteiger partial charge in [0, 0.05) is 0 Å². The Labute approximate surface area is 310 Å². The number of rotatable bonds is 14. The van der Waals surface area contributed by atoms with E-state index in [1.165, 1.54) is 114 Å². The zero-order valence-electron chi connectivity index (χ0n) is 32.1. The van der Waals surface area contributed by atoms with E-state index in [2.05, 4.69) is 50.3 Å². The Bertz CT molecular complexity index is 1270. The van der Waals surface area contributed by atoms with Crippen molar-refractivity contribution in [3.8, 4) is 0 Å². The molecule has 0 heterocycles. The third kappa shape index (κ3) is 10.9. The second kappa shape index (κ2) is 19.7. The summed E-state index contributed by atoms with van der Waals surface area (Å²) < 4.78 is 36.2. The van der Waals surface area contributed by atoms with E-state index in [4.69, 9.17) is 4.74 Å². The Morgan fingerprint density at radius 2 is 0.863 bits per heavy atom. The zero-order valence-corrected chi connectivity index (χ0v) is 32.1. The van der Waals surface area contributed by atoms with E-state index in [0.717, 1.165) is 59.5 Å². The number of halogens is 2. The molecule has 2 aromatic carbocycles. The predicted octanol–water partition coefficient (Wildman–Crippen LogP) is 13.9. The Balaban J connectivity index is 0.866. The Kier molecular flexibility index (Phi) is 14.9. The third-order valence-corrected chi connectivity index (χ3v) is 13.9. The largest absolute Gasteiger partial charge is 0.381 e. The third-order valence-electron chi connectivity index (χ3n) is 13.9. The summed E-state index contributed by atoms with van der Waals surface area (Å²) in [6.45, 7) is 5.36. The van der Waals surface area contributed by atoms with Gasteiger partial charge in [-0.3, -0.25) is 0 Å². The fourth-order valence-corrected chi connectivity index (χ4v) is 10.6. The van der Waals surface area contributed by atoms with Crippen LogP contribution in [0.5, 0.6) is 0 Å². The number of hydrogen-bond acceptors (Lipinski definition) is 1. The van der Waals surface area contributed by atoms with Crippen LogP contribution in [0.3, 0.4) is 0 Å². The lowest BCUT2D eigenvalue weighted by molar-refractivity contribution is 0.139. The first-order chi connectivity index (χ1) is 25.0. The molecule has 0 aliphatic heterocycles. The normalized spacial score (nSPS) is 30.7. The predicted molar refractivity (Wildman–Crippen MR) is 210 cm³/mol. The first-order valence-electron chi connectivity index (χ1n) is 21.5. The van der Waals surface area contributed by atoms with Crippen LogP contribution in [-0.2, 0) is 17.6 Å². The summed E-state index contributed by atoms with van der Waals surface area (Å²) in [6, 6.07) is 11.9. The monoisotopic (exact) mass is 699 g/mol. The molecular formula is C48H68F2O. The molecule has 4 fully saturated rings. The quantitative estimate of drug-likeness (QED) is 0.141. The lowest BCUT2D eigenvalue weighted by Gasteiger charge is -2.37. The number of ether oxygens (including phenoxy) is 1. The van der Waals surface area contributed by atoms with Crippen LogP contribution in [-0.4, -0.2) is 13.2 Å². The van der Waals surface area contributed by atoms with Crippen LogP contribution < -0.4 is 0 Å². The molecule has 0 aromatic heterocycles. The van der Waals surface area contributed by atoms with Crippen LogP contribution in [0.1, 0.15) is 164 Å². The maximum Gasteiger partial charge on any atom is 0.126 e. The summed E-state index contributed by atoms with van der Waals surface area (Å²) in [5.41, 5.74) is 3.80. The molecule has 0 radical (unpaired) electrons. The highest BCUT2D eigenvalue weighted by molar-refractivity contribution is 5.29. The molecule has 0 spiro atoms. The molecule has 1 nitrogen and oxygen atoms in total. The number of benzene rings is 2. The Hall–Kier alpha value is -2.26. The van der Waals surface area contributed by atoms with Gasteiger partial charge in [0.2, 0.25) is 0 Å². The van der Waals surface area contributed by atoms with E-state index in [9.17, 15) is 0 Å². The maximum absolute atomic E-state index is 15.2. The van der Waals surface area contributed by atoms with Gasteiger partial charge in [0.1, 0.15) is 11.6 Å². The van der Waals surface area contributed by atoms with Crippen molar-refractivity contribution < 1.29 is 13.5 Å². The average molecular weight is 699 g/mol. The summed E-state index contributed by atoms with van der Waals surface area (Å²) >= 11 is 0. The lowest BCUT2D eigenvalue weighted by Crippen LogP contribution is -2.25. The van der Waals surface area contributed by atoms with Gasteiger partial charge in [-0.25, -0.2) is 8.78 Å². The second-order valence-corrected chi connectivity index (χ2v) is 17.1. The van der Waals surface area contributed by atoms with Crippen molar-refractivity contribution in [2.75, 3.05) is 13.2 Å². The van der Waals surface area contributed by atoms with E-state index >= 15 is 8.78 Å². The highest BCUT2D eigenvalue weighted by Crippen LogP contribution is 2.46. The molecule has 0 N–H and O–H groups in total. The van der Waals surface area contributed by atoms with Crippen molar-refractivity contribution in [3.63, 3.8) is 0 Å². The fourth-order valence-electron chi connectivity index (χ4n) is 10.6. The van der Waals surface area contributed by atoms with Crippen LogP contribution in [0.4, 0.5) is 8.78 Å². The summed E-state index contributed by atoms with van der Waals surface area (Å²) in [7, 11) is 0. The molecule has 51 heavy (non-hydrogen) atoms. The van der Waals surface area contributed by atoms with E-state index in [1.54, 1.807) is 12.1 Å². The molecule has 4 aliphatic carbocycles. The molecule has 4 aliphatic rings. The van der Waals surface area contributed by atoms with Gasteiger partial charge in [0.15, 0.2) is 0 Å². The highest BCUT2D eigenvalue weighted by Gasteiger charge is 2.32. The molecule has 3 heteroatoms. The summed E-state index contributed by atoms with van der Waals surface area (Å²) in [4.78, 5) is 0. The molecule has 0 amide bonds. The number of hydrogen-bond donors (Lipinski definition) is 0. The summed E-state index contributed by atoms with van der Waals surface area (Å²) in [6.07, 6.45) is 34.0. The van der Waals surface area contributed by atoms with Crippen LogP contribution in [0, 0.1) is 47.1 Å². The van der Waals surface area contributed by atoms with Gasteiger partial charge in [0.25, 0.3) is 0 Å². The maximum atomic E-state index is 15.2. The van der Waals surface area contributed by atoms with Crippen molar-refractivity contribution in [1.29, 1.82) is 0 Å². The van der Waals surface area contributed by atoms with Gasteiger partial charge in [-0.15, -0.1) is 0 Å². The minimum absolute atomic E-state index is 0.0976. The average Bonchev–Trinajstić information content (AvgIpc) is 3.17. The molecule has 0 unspecified atom stereocenters. The minimum atomic E-state index is -0.0976. The van der Waals surface area contributed by atoms with Crippen molar-refractivity contribution >= 4 is 0 Å². The zero-order chi connectivity index (χ0) is 35.4. The first kappa shape index (κ1) is 38.5. The van der Waals surface area contributed by atoms with Gasteiger partial charge in [-0.1, -0.05) is 62.4 Å². The SMILES string of the molecule is CC/C=C/C1CCC(C2CCC(c3ccc(CCOCCc4ccc(C5CCC(C6CCC(/C=C/CC)CC6)CC5)cc4F)c(F)c3)CC2)CC1. The van der Waals surface area contributed by atoms with Gasteiger partial charge in [-0.2, -0.15) is 0 Å². The van der Waals surface area contributed by atoms with Crippen LogP contribution in [0.15, 0.2) is 60.7 Å². The minimum Gasteiger partial charge on any atom is -0.381 e. The molecular weight excluding hydrogens is 631 g/mol. The van der Waals surface area contributed by atoms with Crippen molar-refractivity contribution in [2.24, 2.45) is 35.5 Å². The molecule has 0 bridgehead atoms. The molecule has 6 rings (SSSR count). The van der Waals surface area contributed by atoms with Crippen molar-refractivity contribution in [2.45, 2.75) is 154 Å². The fraction of sp³-hybridized carbons (Fsp3) is 0.667. The smallest absolute Gasteiger partial charge is 0.126 e. The summed E-state index contributed by atoms with van der Waals surface area (Å²) in [5, 5.41) is 0. The van der Waals surface area contributed by atoms with Gasteiger partial charge in [0.05, 0.1) is 13.2 Å². The van der Waals surface area contributed by atoms with Gasteiger partial charge in [-0.05, 0) is 210 Å². The van der Waals surface area contributed by atoms with Gasteiger partial charge < -0.3 is 4.74 Å². The van der Waals surface area contributed by atoms with E-state index in [-0.39, 0.29) is 11.6 Å². The molecule has 0 atom stereocenters. The van der Waals surface area contributed by atoms with Crippen LogP contribution in [0.2, 0.25) is 0 Å². The first-order valence-corrected chi connectivity index (χ1v) is 21.5. The van der Waals surface area contributed by atoms with E-state index in [1.807, 2.05) is 12.1 Å². The van der Waals surface area contributed by atoms with Crippen molar-refractivity contribution in [1.82, 2.24) is 0 Å². The molecule has 280 valence electrons. The second-order valence-electron chi connectivity index (χ2n) is 17.1. The number of allylic oxidation sites excluding steroid dienone is 4. The van der Waals surface area contributed by atoms with Crippen LogP contribution in [0.25, 0.3) is 0 Å². The van der Waals surface area contributed by atoms with Crippen molar-refractivity contribution in [3.05, 3.63) is 94.6 Å². The highest BCUT2D eigenvalue weighted by atomic mass is 19.1. The lowest BCUT2D eigenvalue weighted by atomic mass is 9.68. The standard InChI is InChI=1S/C48H68F2O/c1-3-5-7-35-9-13-37(14-10-35)39-17-21-41(22-18-39)45-27-25-43(47(49)33-45)29-31-51-32-30-44-26-28-46(34-48(44)50)42-23-19-40(20-24-42)38-15-11-36(12-16-38)8-6-4-2/h5-8,25-28,33-42H,3-4,9-24,29-32H2,1-2H3/b7-5+,8-6+. The molecule has 4 saturated carbocycles. The Morgan fingerprint density at radius 1 is 0.510 bits per heavy atom. The van der Waals surface area contributed by atoms with Crippen LogP contribution >= 0.6 is 0 Å². The van der Waals surface area contributed by atoms with E-state index < -0.39 is 0 Å². The van der Waals surface area contributed by atoms with E-state index in [0.29, 0.717) is 37.9 Å².